The van der Waals surface area contributed by atoms with Gasteiger partial charge in [0.1, 0.15) is 11.4 Å². The summed E-state index contributed by atoms with van der Waals surface area (Å²) in [6, 6.07) is 1.22. The monoisotopic (exact) mass is 238 g/mol. The summed E-state index contributed by atoms with van der Waals surface area (Å²) in [4.78, 5) is 16.9. The lowest BCUT2D eigenvalue weighted by Gasteiger charge is -2.13. The van der Waals surface area contributed by atoms with Crippen LogP contribution in [0.25, 0.3) is 0 Å². The average molecular weight is 238 g/mol. The number of nitrogens with zero attached hydrogens (tertiary/aromatic N) is 2. The first-order valence-corrected chi connectivity index (χ1v) is 5.77. The van der Waals surface area contributed by atoms with Gasteiger partial charge in [-0.1, -0.05) is 0 Å². The Hall–Kier alpha value is -1.49. The normalized spacial score (nSPS) is 16.3. The van der Waals surface area contributed by atoms with E-state index in [2.05, 4.69) is 9.88 Å². The molecule has 1 N–H and O–H groups in total. The maximum atomic E-state index is 13.4. The highest BCUT2D eigenvalue weighted by Gasteiger charge is 2.14. The van der Waals surface area contributed by atoms with Gasteiger partial charge in [0.2, 0.25) is 0 Å². The van der Waals surface area contributed by atoms with Gasteiger partial charge in [-0.05, 0) is 32.0 Å². The zero-order chi connectivity index (χ0) is 12.3. The lowest BCUT2D eigenvalue weighted by Crippen LogP contribution is -2.22. The fourth-order valence-corrected chi connectivity index (χ4v) is 2.04. The van der Waals surface area contributed by atoms with E-state index in [1.807, 2.05) is 0 Å². The molecule has 4 nitrogen and oxygen atoms in total. The predicted molar refractivity (Wildman–Crippen MR) is 60.5 cm³/mol. The third-order valence-corrected chi connectivity index (χ3v) is 3.02. The molecule has 1 saturated heterocycles. The molecule has 1 aliphatic rings. The van der Waals surface area contributed by atoms with Crippen molar-refractivity contribution in [1.29, 1.82) is 0 Å². The molecule has 0 bridgehead atoms. The number of aromatic nitrogens is 1. The zero-order valence-electron chi connectivity index (χ0n) is 9.53. The Bertz CT molecular complexity index is 417. The van der Waals surface area contributed by atoms with Gasteiger partial charge in [-0.25, -0.2) is 9.18 Å². The van der Waals surface area contributed by atoms with Crippen LogP contribution in [0.15, 0.2) is 12.3 Å². The molecule has 1 aromatic heterocycles. The minimum absolute atomic E-state index is 0.366. The van der Waals surface area contributed by atoms with E-state index in [1.165, 1.54) is 18.9 Å². The van der Waals surface area contributed by atoms with Crippen LogP contribution in [0.5, 0.6) is 0 Å². The minimum atomic E-state index is -1.28. The van der Waals surface area contributed by atoms with Crippen molar-refractivity contribution in [2.45, 2.75) is 19.3 Å². The molecule has 0 radical (unpaired) electrons. The molecule has 1 aliphatic heterocycles. The SMILES string of the molecule is O=C(O)c1cnc(CCN2CCCC2)cc1F. The summed E-state index contributed by atoms with van der Waals surface area (Å²) in [7, 11) is 0. The van der Waals surface area contributed by atoms with Crippen molar-refractivity contribution in [3.63, 3.8) is 0 Å². The molecule has 0 saturated carbocycles. The summed E-state index contributed by atoms with van der Waals surface area (Å²) in [5, 5.41) is 8.67. The smallest absolute Gasteiger partial charge is 0.340 e. The minimum Gasteiger partial charge on any atom is -0.478 e. The number of aromatic carboxylic acids is 1. The van der Waals surface area contributed by atoms with E-state index in [1.54, 1.807) is 0 Å². The summed E-state index contributed by atoms with van der Waals surface area (Å²) in [6.07, 6.45) is 4.20. The Morgan fingerprint density at radius 2 is 2.18 bits per heavy atom. The Kier molecular flexibility index (Phi) is 3.68. The van der Waals surface area contributed by atoms with Gasteiger partial charge in [-0.15, -0.1) is 0 Å². The number of halogens is 1. The van der Waals surface area contributed by atoms with Gasteiger partial charge in [0.15, 0.2) is 0 Å². The molecular weight excluding hydrogens is 223 g/mol. The summed E-state index contributed by atoms with van der Waals surface area (Å²) in [5.74, 6) is -1.98. The Balaban J connectivity index is 1.97. The number of rotatable bonds is 4. The van der Waals surface area contributed by atoms with Crippen molar-refractivity contribution < 1.29 is 14.3 Å². The number of hydrogen-bond acceptors (Lipinski definition) is 3. The van der Waals surface area contributed by atoms with Gasteiger partial charge in [0, 0.05) is 24.9 Å². The maximum absolute atomic E-state index is 13.4. The predicted octanol–water partition coefficient (Wildman–Crippen LogP) is 1.56. The fraction of sp³-hybridized carbons (Fsp3) is 0.500. The first-order chi connectivity index (χ1) is 8.16. The van der Waals surface area contributed by atoms with Gasteiger partial charge in [0.05, 0.1) is 0 Å². The second kappa shape index (κ2) is 5.23. The van der Waals surface area contributed by atoms with E-state index in [4.69, 9.17) is 5.11 Å². The van der Waals surface area contributed by atoms with Crippen molar-refractivity contribution in [3.05, 3.63) is 29.3 Å². The van der Waals surface area contributed by atoms with Gasteiger partial charge >= 0.3 is 5.97 Å². The summed E-state index contributed by atoms with van der Waals surface area (Å²) in [5.41, 5.74) is 0.245. The standard InChI is InChI=1S/C12H15FN2O2/c13-11-7-9(14-8-10(11)12(16)17)3-6-15-4-1-2-5-15/h7-8H,1-6H2,(H,16,17). The Labute approximate surface area is 99.1 Å². The molecule has 1 aromatic rings. The molecular formula is C12H15FN2O2. The van der Waals surface area contributed by atoms with Gasteiger partial charge in [0.25, 0.3) is 0 Å². The number of carboxylic acid groups (broad SMARTS) is 1. The molecule has 0 aromatic carbocycles. The topological polar surface area (TPSA) is 53.4 Å². The molecule has 0 amide bonds. The molecule has 0 atom stereocenters. The van der Waals surface area contributed by atoms with Crippen molar-refractivity contribution in [2.24, 2.45) is 0 Å². The number of hydrogen-bond donors (Lipinski definition) is 1. The van der Waals surface area contributed by atoms with Crippen molar-refractivity contribution >= 4 is 5.97 Å². The van der Waals surface area contributed by atoms with E-state index in [9.17, 15) is 9.18 Å². The lowest BCUT2D eigenvalue weighted by molar-refractivity contribution is 0.0691. The van der Waals surface area contributed by atoms with E-state index < -0.39 is 11.8 Å². The van der Waals surface area contributed by atoms with Crippen molar-refractivity contribution in [2.75, 3.05) is 19.6 Å². The highest BCUT2D eigenvalue weighted by atomic mass is 19.1. The van der Waals surface area contributed by atoms with Crippen LogP contribution in [0.2, 0.25) is 0 Å². The number of carboxylic acids is 1. The highest BCUT2D eigenvalue weighted by molar-refractivity contribution is 5.87. The van der Waals surface area contributed by atoms with Crippen LogP contribution in [0.4, 0.5) is 4.39 Å². The quantitative estimate of drug-likeness (QED) is 0.864. The highest BCUT2D eigenvalue weighted by Crippen LogP contribution is 2.11. The average Bonchev–Trinajstić information content (AvgIpc) is 2.78. The third-order valence-electron chi connectivity index (χ3n) is 3.02. The first kappa shape index (κ1) is 12.0. The second-order valence-electron chi connectivity index (χ2n) is 4.26. The van der Waals surface area contributed by atoms with Gasteiger partial charge in [-0.2, -0.15) is 0 Å². The van der Waals surface area contributed by atoms with Crippen molar-refractivity contribution in [3.8, 4) is 0 Å². The first-order valence-electron chi connectivity index (χ1n) is 5.77. The van der Waals surface area contributed by atoms with Crippen LogP contribution in [-0.4, -0.2) is 40.6 Å². The van der Waals surface area contributed by atoms with Crippen LogP contribution >= 0.6 is 0 Å². The zero-order valence-corrected chi connectivity index (χ0v) is 9.53. The van der Waals surface area contributed by atoms with E-state index in [0.29, 0.717) is 12.1 Å². The molecule has 2 rings (SSSR count). The molecule has 1 fully saturated rings. The number of likely N-dealkylation sites (tertiary alicyclic amines) is 1. The number of carbonyl (C=O) groups is 1. The third kappa shape index (κ3) is 3.00. The molecule has 92 valence electrons. The largest absolute Gasteiger partial charge is 0.478 e. The van der Waals surface area contributed by atoms with Gasteiger partial charge in [-0.3, -0.25) is 4.98 Å². The van der Waals surface area contributed by atoms with Crippen molar-refractivity contribution in [1.82, 2.24) is 9.88 Å². The van der Waals surface area contributed by atoms with Crippen LogP contribution in [-0.2, 0) is 6.42 Å². The molecule has 0 unspecified atom stereocenters. The molecule has 2 heterocycles. The summed E-state index contributed by atoms with van der Waals surface area (Å²) in [6.45, 7) is 3.05. The van der Waals surface area contributed by atoms with Crippen LogP contribution < -0.4 is 0 Å². The lowest BCUT2D eigenvalue weighted by atomic mass is 10.2. The molecule has 5 heteroatoms. The van der Waals surface area contributed by atoms with Crippen LogP contribution in [0.1, 0.15) is 28.9 Å². The van der Waals surface area contributed by atoms with E-state index in [-0.39, 0.29) is 5.56 Å². The van der Waals surface area contributed by atoms with E-state index in [0.717, 1.165) is 25.8 Å². The Morgan fingerprint density at radius 1 is 1.47 bits per heavy atom. The van der Waals surface area contributed by atoms with E-state index >= 15 is 0 Å². The Morgan fingerprint density at radius 3 is 2.76 bits per heavy atom. The van der Waals surface area contributed by atoms with Crippen LogP contribution in [0, 0.1) is 5.82 Å². The number of pyridine rings is 1. The van der Waals surface area contributed by atoms with Gasteiger partial charge < -0.3 is 10.0 Å². The molecule has 0 aliphatic carbocycles. The second-order valence-corrected chi connectivity index (χ2v) is 4.26. The summed E-state index contributed by atoms with van der Waals surface area (Å²) >= 11 is 0. The fourth-order valence-electron chi connectivity index (χ4n) is 2.04. The summed E-state index contributed by atoms with van der Waals surface area (Å²) < 4.78 is 13.4. The maximum Gasteiger partial charge on any atom is 0.340 e. The van der Waals surface area contributed by atoms with Crippen LogP contribution in [0.3, 0.4) is 0 Å². The molecule has 0 spiro atoms. The molecule has 17 heavy (non-hydrogen) atoms.